The van der Waals surface area contributed by atoms with Gasteiger partial charge in [0.05, 0.1) is 5.69 Å². The molecule has 1 unspecified atom stereocenters. The van der Waals surface area contributed by atoms with E-state index >= 15 is 0 Å². The SMILES string of the molecule is CCNc1ccnc(Cl)c1N=CC(C)N. The summed E-state index contributed by atoms with van der Waals surface area (Å²) < 4.78 is 0. The highest BCUT2D eigenvalue weighted by Crippen LogP contribution is 2.30. The predicted octanol–water partition coefficient (Wildman–Crippen LogP) is 2.22. The number of rotatable bonds is 4. The molecule has 0 saturated heterocycles. The van der Waals surface area contributed by atoms with Crippen LogP contribution < -0.4 is 11.1 Å². The zero-order valence-corrected chi connectivity index (χ0v) is 9.62. The molecule has 15 heavy (non-hydrogen) atoms. The van der Waals surface area contributed by atoms with E-state index < -0.39 is 0 Å². The molecule has 0 fully saturated rings. The fourth-order valence-electron chi connectivity index (χ4n) is 1.08. The zero-order valence-electron chi connectivity index (χ0n) is 8.87. The fraction of sp³-hybridized carbons (Fsp3) is 0.400. The number of aliphatic imine (C=N–C) groups is 1. The molecule has 0 aliphatic rings. The summed E-state index contributed by atoms with van der Waals surface area (Å²) in [6.45, 7) is 4.66. The number of nitrogens with two attached hydrogens (primary N) is 1. The van der Waals surface area contributed by atoms with E-state index in [2.05, 4.69) is 15.3 Å². The van der Waals surface area contributed by atoms with Crippen LogP contribution in [0.15, 0.2) is 17.3 Å². The lowest BCUT2D eigenvalue weighted by atomic mass is 10.3. The summed E-state index contributed by atoms with van der Waals surface area (Å²) in [4.78, 5) is 8.19. The second-order valence-corrected chi connectivity index (χ2v) is 3.52. The Labute approximate surface area is 94.6 Å². The van der Waals surface area contributed by atoms with Gasteiger partial charge in [0.15, 0.2) is 5.15 Å². The Kier molecular flexibility index (Phi) is 4.52. The Bertz CT molecular complexity index is 349. The van der Waals surface area contributed by atoms with E-state index in [1.165, 1.54) is 0 Å². The van der Waals surface area contributed by atoms with Gasteiger partial charge in [0.2, 0.25) is 0 Å². The molecule has 1 atom stereocenters. The Balaban J connectivity index is 3.01. The van der Waals surface area contributed by atoms with Crippen molar-refractivity contribution in [2.24, 2.45) is 10.7 Å². The molecule has 82 valence electrons. The average molecular weight is 227 g/mol. The van der Waals surface area contributed by atoms with E-state index in [0.29, 0.717) is 10.8 Å². The number of nitrogens with one attached hydrogen (secondary N) is 1. The van der Waals surface area contributed by atoms with Crippen molar-refractivity contribution in [1.29, 1.82) is 0 Å². The van der Waals surface area contributed by atoms with Crippen molar-refractivity contribution in [2.45, 2.75) is 19.9 Å². The summed E-state index contributed by atoms with van der Waals surface area (Å²) in [5, 5.41) is 3.54. The molecule has 0 aromatic carbocycles. The molecular formula is C10H15ClN4. The molecule has 0 radical (unpaired) electrons. The smallest absolute Gasteiger partial charge is 0.156 e. The molecular weight excluding hydrogens is 212 g/mol. The van der Waals surface area contributed by atoms with Crippen LogP contribution in [0.1, 0.15) is 13.8 Å². The monoisotopic (exact) mass is 226 g/mol. The molecule has 0 aliphatic heterocycles. The summed E-state index contributed by atoms with van der Waals surface area (Å²) >= 11 is 5.94. The quantitative estimate of drug-likeness (QED) is 0.611. The van der Waals surface area contributed by atoms with Crippen LogP contribution in [-0.4, -0.2) is 23.8 Å². The maximum Gasteiger partial charge on any atom is 0.156 e. The van der Waals surface area contributed by atoms with E-state index in [4.69, 9.17) is 17.3 Å². The van der Waals surface area contributed by atoms with Crippen molar-refractivity contribution in [3.63, 3.8) is 0 Å². The maximum absolute atomic E-state index is 5.94. The molecule has 1 aromatic rings. The van der Waals surface area contributed by atoms with E-state index in [1.807, 2.05) is 19.9 Å². The second kappa shape index (κ2) is 5.68. The molecule has 0 saturated carbocycles. The van der Waals surface area contributed by atoms with Crippen molar-refractivity contribution in [2.75, 3.05) is 11.9 Å². The topological polar surface area (TPSA) is 63.3 Å². The fourth-order valence-corrected chi connectivity index (χ4v) is 1.28. The summed E-state index contributed by atoms with van der Waals surface area (Å²) in [6, 6.07) is 1.74. The molecule has 1 heterocycles. The van der Waals surface area contributed by atoms with Gasteiger partial charge in [0.1, 0.15) is 5.69 Å². The average Bonchev–Trinajstić information content (AvgIpc) is 2.17. The van der Waals surface area contributed by atoms with Crippen molar-refractivity contribution in [1.82, 2.24) is 4.98 Å². The van der Waals surface area contributed by atoms with Crippen LogP contribution in [-0.2, 0) is 0 Å². The lowest BCUT2D eigenvalue weighted by Crippen LogP contribution is -2.15. The van der Waals surface area contributed by atoms with Gasteiger partial charge in [-0.25, -0.2) is 4.98 Å². The van der Waals surface area contributed by atoms with Crippen LogP contribution in [0.5, 0.6) is 0 Å². The third-order valence-corrected chi connectivity index (χ3v) is 1.96. The first-order valence-corrected chi connectivity index (χ1v) is 5.21. The number of hydrogen-bond donors (Lipinski definition) is 2. The molecule has 1 aromatic heterocycles. The van der Waals surface area contributed by atoms with Crippen molar-refractivity contribution in [3.8, 4) is 0 Å². The van der Waals surface area contributed by atoms with Crippen LogP contribution in [0.4, 0.5) is 11.4 Å². The summed E-state index contributed by atoms with van der Waals surface area (Å²) in [5.74, 6) is 0. The van der Waals surface area contributed by atoms with Gasteiger partial charge >= 0.3 is 0 Å². The van der Waals surface area contributed by atoms with Crippen molar-refractivity contribution < 1.29 is 0 Å². The van der Waals surface area contributed by atoms with Crippen LogP contribution in [0.25, 0.3) is 0 Å². The molecule has 4 nitrogen and oxygen atoms in total. The number of halogens is 1. The molecule has 0 aliphatic carbocycles. The lowest BCUT2D eigenvalue weighted by Gasteiger charge is -2.07. The maximum atomic E-state index is 5.94. The van der Waals surface area contributed by atoms with Gasteiger partial charge in [-0.2, -0.15) is 0 Å². The van der Waals surface area contributed by atoms with Crippen LogP contribution in [0.3, 0.4) is 0 Å². The molecule has 0 amide bonds. The van der Waals surface area contributed by atoms with Gasteiger partial charge in [-0.1, -0.05) is 11.6 Å². The summed E-state index contributed by atoms with van der Waals surface area (Å²) in [5.41, 5.74) is 7.09. The first-order valence-electron chi connectivity index (χ1n) is 4.83. The van der Waals surface area contributed by atoms with Crippen LogP contribution in [0.2, 0.25) is 5.15 Å². The minimum Gasteiger partial charge on any atom is -0.383 e. The minimum atomic E-state index is -0.101. The van der Waals surface area contributed by atoms with E-state index in [-0.39, 0.29) is 6.04 Å². The van der Waals surface area contributed by atoms with Gasteiger partial charge in [0.25, 0.3) is 0 Å². The third kappa shape index (κ3) is 3.49. The standard InChI is InChI=1S/C10H15ClN4/c1-3-13-8-4-5-14-10(11)9(8)15-6-7(2)12/h4-7H,3,12H2,1-2H3,(H,13,14). The zero-order chi connectivity index (χ0) is 11.3. The molecule has 3 N–H and O–H groups in total. The number of pyridine rings is 1. The molecule has 5 heteroatoms. The largest absolute Gasteiger partial charge is 0.383 e. The lowest BCUT2D eigenvalue weighted by molar-refractivity contribution is 0.995. The van der Waals surface area contributed by atoms with E-state index in [9.17, 15) is 0 Å². The van der Waals surface area contributed by atoms with Crippen LogP contribution in [0, 0.1) is 0 Å². The highest BCUT2D eigenvalue weighted by atomic mass is 35.5. The highest BCUT2D eigenvalue weighted by molar-refractivity contribution is 6.32. The van der Waals surface area contributed by atoms with Gasteiger partial charge < -0.3 is 11.1 Å². The third-order valence-electron chi connectivity index (χ3n) is 1.69. The first-order chi connectivity index (χ1) is 7.15. The number of anilines is 1. The van der Waals surface area contributed by atoms with Gasteiger partial charge in [-0.15, -0.1) is 0 Å². The Hall–Kier alpha value is -1.13. The van der Waals surface area contributed by atoms with Crippen molar-refractivity contribution >= 4 is 29.2 Å². The van der Waals surface area contributed by atoms with Gasteiger partial charge in [-0.05, 0) is 19.9 Å². The summed E-state index contributed by atoms with van der Waals surface area (Å²) in [7, 11) is 0. The van der Waals surface area contributed by atoms with Crippen molar-refractivity contribution in [3.05, 3.63) is 17.4 Å². The number of aromatic nitrogens is 1. The second-order valence-electron chi connectivity index (χ2n) is 3.17. The van der Waals surface area contributed by atoms with E-state index in [0.717, 1.165) is 12.2 Å². The van der Waals surface area contributed by atoms with Gasteiger partial charge in [-0.3, -0.25) is 4.99 Å². The first kappa shape index (κ1) is 11.9. The highest BCUT2D eigenvalue weighted by Gasteiger charge is 2.05. The Morgan fingerprint density at radius 1 is 1.73 bits per heavy atom. The minimum absolute atomic E-state index is 0.101. The predicted molar refractivity (Wildman–Crippen MR) is 65.2 cm³/mol. The normalized spacial score (nSPS) is 13.1. The number of hydrogen-bond acceptors (Lipinski definition) is 4. The number of nitrogens with zero attached hydrogens (tertiary/aromatic N) is 2. The Morgan fingerprint density at radius 3 is 3.07 bits per heavy atom. The molecule has 1 rings (SSSR count). The Morgan fingerprint density at radius 2 is 2.47 bits per heavy atom. The molecule has 0 spiro atoms. The van der Waals surface area contributed by atoms with Crippen LogP contribution >= 0.6 is 11.6 Å². The molecule has 0 bridgehead atoms. The van der Waals surface area contributed by atoms with Gasteiger partial charge in [0, 0.05) is 25.0 Å². The summed E-state index contributed by atoms with van der Waals surface area (Å²) in [6.07, 6.45) is 3.29. The van der Waals surface area contributed by atoms with E-state index in [1.54, 1.807) is 12.4 Å².